The van der Waals surface area contributed by atoms with Crippen LogP contribution in [0.2, 0.25) is 0 Å². The third-order valence-electron chi connectivity index (χ3n) is 2.40. The van der Waals surface area contributed by atoms with Crippen LogP contribution >= 0.6 is 0 Å². The first-order chi connectivity index (χ1) is 8.63. The van der Waals surface area contributed by atoms with Crippen LogP contribution in [-0.4, -0.2) is 29.2 Å². The van der Waals surface area contributed by atoms with Gasteiger partial charge in [-0.25, -0.2) is 9.42 Å². The molecule has 0 aliphatic carbocycles. The summed E-state index contributed by atoms with van der Waals surface area (Å²) in [5, 5.41) is 7.40. The fraction of sp³-hybridized carbons (Fsp3) is 0.167. The summed E-state index contributed by atoms with van der Waals surface area (Å²) in [6.07, 6.45) is 1.42. The van der Waals surface area contributed by atoms with E-state index < -0.39 is 5.97 Å². The van der Waals surface area contributed by atoms with Gasteiger partial charge in [0.25, 0.3) is 0 Å². The zero-order valence-corrected chi connectivity index (χ0v) is 9.84. The Morgan fingerprint density at radius 1 is 1.33 bits per heavy atom. The molecule has 0 bridgehead atoms. The second-order valence-electron chi connectivity index (χ2n) is 3.58. The first-order valence-electron chi connectivity index (χ1n) is 5.15. The molecule has 6 nitrogen and oxygen atoms in total. The lowest BCUT2D eigenvalue weighted by molar-refractivity contribution is -0.137. The molecular formula is C12H10N2O4. The van der Waals surface area contributed by atoms with E-state index in [0.717, 1.165) is 0 Å². The number of Topliss-reactive ketones (excluding diaryl/α,β-unsaturated/α-hetero) is 1. The van der Waals surface area contributed by atoms with Crippen LogP contribution < -0.4 is 0 Å². The standard InChI is InChI=1S/C12H10N2O4/c1-7(15)9(12(16)17-2)6-8-4-3-5-10-11(8)14-18-13-10/h3-6H,1-2H3/b9-6-. The van der Waals surface area contributed by atoms with Crippen molar-refractivity contribution in [3.05, 3.63) is 29.3 Å². The molecule has 6 heteroatoms. The van der Waals surface area contributed by atoms with Crippen LogP contribution in [0.4, 0.5) is 0 Å². The second-order valence-corrected chi connectivity index (χ2v) is 3.58. The highest BCUT2D eigenvalue weighted by atomic mass is 16.6. The maximum absolute atomic E-state index is 11.5. The van der Waals surface area contributed by atoms with Gasteiger partial charge in [0.2, 0.25) is 0 Å². The van der Waals surface area contributed by atoms with Crippen molar-refractivity contribution in [2.45, 2.75) is 6.92 Å². The first-order valence-corrected chi connectivity index (χ1v) is 5.15. The van der Waals surface area contributed by atoms with E-state index in [1.807, 2.05) is 0 Å². The third-order valence-corrected chi connectivity index (χ3v) is 2.40. The van der Waals surface area contributed by atoms with Gasteiger partial charge in [0.05, 0.1) is 7.11 Å². The summed E-state index contributed by atoms with van der Waals surface area (Å²) < 4.78 is 9.16. The van der Waals surface area contributed by atoms with Crippen molar-refractivity contribution >= 4 is 28.9 Å². The van der Waals surface area contributed by atoms with Crippen molar-refractivity contribution in [3.63, 3.8) is 0 Å². The van der Waals surface area contributed by atoms with E-state index in [4.69, 9.17) is 0 Å². The Kier molecular flexibility index (Phi) is 3.18. The van der Waals surface area contributed by atoms with Crippen LogP contribution in [0.3, 0.4) is 0 Å². The molecule has 0 saturated heterocycles. The zero-order chi connectivity index (χ0) is 13.1. The van der Waals surface area contributed by atoms with Crippen LogP contribution in [-0.2, 0) is 14.3 Å². The number of fused-ring (bicyclic) bond motifs is 1. The molecule has 0 N–H and O–H groups in total. The minimum atomic E-state index is -0.684. The largest absolute Gasteiger partial charge is 0.465 e. The minimum Gasteiger partial charge on any atom is -0.465 e. The highest BCUT2D eigenvalue weighted by molar-refractivity contribution is 6.20. The van der Waals surface area contributed by atoms with Crippen LogP contribution in [0.1, 0.15) is 12.5 Å². The summed E-state index contributed by atoms with van der Waals surface area (Å²) in [5.74, 6) is -1.06. The Morgan fingerprint density at radius 3 is 2.78 bits per heavy atom. The molecule has 1 heterocycles. The number of benzene rings is 1. The number of aromatic nitrogens is 2. The van der Waals surface area contributed by atoms with Crippen molar-refractivity contribution in [1.82, 2.24) is 10.3 Å². The lowest BCUT2D eigenvalue weighted by Crippen LogP contribution is -2.11. The van der Waals surface area contributed by atoms with E-state index in [0.29, 0.717) is 16.6 Å². The summed E-state index contributed by atoms with van der Waals surface area (Å²) in [6.45, 7) is 1.30. The molecule has 1 aromatic carbocycles. The van der Waals surface area contributed by atoms with E-state index in [2.05, 4.69) is 19.7 Å². The number of hydrogen-bond donors (Lipinski definition) is 0. The van der Waals surface area contributed by atoms with Crippen LogP contribution in [0.25, 0.3) is 17.1 Å². The van der Waals surface area contributed by atoms with Gasteiger partial charge >= 0.3 is 5.97 Å². The molecule has 0 spiro atoms. The minimum absolute atomic E-state index is 0.0481. The molecule has 0 fully saturated rings. The van der Waals surface area contributed by atoms with Gasteiger partial charge < -0.3 is 4.74 Å². The van der Waals surface area contributed by atoms with Gasteiger partial charge in [0, 0.05) is 5.56 Å². The second kappa shape index (κ2) is 4.79. The van der Waals surface area contributed by atoms with Crippen molar-refractivity contribution in [2.75, 3.05) is 7.11 Å². The monoisotopic (exact) mass is 246 g/mol. The summed E-state index contributed by atoms with van der Waals surface area (Å²) in [6, 6.07) is 5.15. The molecule has 2 rings (SSSR count). The van der Waals surface area contributed by atoms with E-state index in [-0.39, 0.29) is 11.4 Å². The number of nitrogens with zero attached hydrogens (tertiary/aromatic N) is 2. The molecule has 92 valence electrons. The maximum atomic E-state index is 11.5. The van der Waals surface area contributed by atoms with E-state index in [9.17, 15) is 9.59 Å². The van der Waals surface area contributed by atoms with Crippen molar-refractivity contribution in [3.8, 4) is 0 Å². The van der Waals surface area contributed by atoms with Crippen LogP contribution in [0, 0.1) is 0 Å². The van der Waals surface area contributed by atoms with Crippen LogP contribution in [0.5, 0.6) is 0 Å². The van der Waals surface area contributed by atoms with Crippen molar-refractivity contribution in [1.29, 1.82) is 0 Å². The number of carbonyl (C=O) groups is 2. The highest BCUT2D eigenvalue weighted by Gasteiger charge is 2.16. The lowest BCUT2D eigenvalue weighted by Gasteiger charge is -2.01. The third kappa shape index (κ3) is 2.13. The fourth-order valence-corrected chi connectivity index (χ4v) is 1.51. The Balaban J connectivity index is 2.56. The molecule has 0 aliphatic rings. The number of methoxy groups -OCH3 is 1. The molecule has 2 aromatic rings. The molecular weight excluding hydrogens is 236 g/mol. The average Bonchev–Trinajstić information content (AvgIpc) is 2.83. The topological polar surface area (TPSA) is 82.3 Å². The molecule has 0 radical (unpaired) electrons. The SMILES string of the molecule is COC(=O)/C(=C\c1cccc2nonc12)C(C)=O. The van der Waals surface area contributed by atoms with Crippen molar-refractivity contribution in [2.24, 2.45) is 0 Å². The van der Waals surface area contributed by atoms with E-state index in [1.54, 1.807) is 18.2 Å². The maximum Gasteiger partial charge on any atom is 0.341 e. The Hall–Kier alpha value is -2.50. The molecule has 0 saturated carbocycles. The van der Waals surface area contributed by atoms with Gasteiger partial charge in [-0.1, -0.05) is 12.1 Å². The van der Waals surface area contributed by atoms with Gasteiger partial charge in [-0.3, -0.25) is 4.79 Å². The first kappa shape index (κ1) is 12.0. The Bertz CT molecular complexity index is 642. The summed E-state index contributed by atoms with van der Waals surface area (Å²) in [4.78, 5) is 22.9. The number of rotatable bonds is 3. The molecule has 0 amide bonds. The van der Waals surface area contributed by atoms with Gasteiger partial charge in [-0.15, -0.1) is 0 Å². The van der Waals surface area contributed by atoms with E-state index in [1.165, 1.54) is 20.1 Å². The zero-order valence-electron chi connectivity index (χ0n) is 9.84. The van der Waals surface area contributed by atoms with Crippen molar-refractivity contribution < 1.29 is 19.0 Å². The molecule has 0 unspecified atom stereocenters. The average molecular weight is 246 g/mol. The van der Waals surface area contributed by atoms with E-state index >= 15 is 0 Å². The van der Waals surface area contributed by atoms with Gasteiger partial charge in [0.15, 0.2) is 5.78 Å². The predicted octanol–water partition coefficient (Wildman–Crippen LogP) is 1.37. The summed E-state index contributed by atoms with van der Waals surface area (Å²) in [5.41, 5.74) is 1.56. The Morgan fingerprint density at radius 2 is 2.11 bits per heavy atom. The number of ether oxygens (including phenoxy) is 1. The number of carbonyl (C=O) groups excluding carboxylic acids is 2. The normalized spacial score (nSPS) is 11.6. The molecule has 0 aliphatic heterocycles. The number of ketones is 1. The number of esters is 1. The smallest absolute Gasteiger partial charge is 0.341 e. The van der Waals surface area contributed by atoms with Gasteiger partial charge in [-0.2, -0.15) is 0 Å². The number of hydrogen-bond acceptors (Lipinski definition) is 6. The summed E-state index contributed by atoms with van der Waals surface area (Å²) in [7, 11) is 1.22. The van der Waals surface area contributed by atoms with Gasteiger partial charge in [-0.05, 0) is 29.4 Å². The van der Waals surface area contributed by atoms with Crippen LogP contribution in [0.15, 0.2) is 28.4 Å². The Labute approximate surface area is 102 Å². The molecule has 1 aromatic heterocycles. The quantitative estimate of drug-likeness (QED) is 0.352. The molecule has 0 atom stereocenters. The highest BCUT2D eigenvalue weighted by Crippen LogP contribution is 2.18. The van der Waals surface area contributed by atoms with Gasteiger partial charge in [0.1, 0.15) is 16.6 Å². The summed E-state index contributed by atoms with van der Waals surface area (Å²) >= 11 is 0. The lowest BCUT2D eigenvalue weighted by atomic mass is 10.1. The fourth-order valence-electron chi connectivity index (χ4n) is 1.51. The predicted molar refractivity (Wildman–Crippen MR) is 62.5 cm³/mol. The molecule has 18 heavy (non-hydrogen) atoms.